The number of hydrogen-bond donors (Lipinski definition) is 1. The molecule has 2 atom stereocenters. The van der Waals surface area contributed by atoms with E-state index in [1.165, 1.54) is 372 Å². The summed E-state index contributed by atoms with van der Waals surface area (Å²) < 4.78 is 23.1. The third-order valence-corrected chi connectivity index (χ3v) is 19.9. The molecular weight excluding hydrogens is 1200 g/mol. The van der Waals surface area contributed by atoms with E-state index >= 15 is 0 Å². The van der Waals surface area contributed by atoms with Crippen molar-refractivity contribution in [3.05, 3.63) is 36.5 Å². The molecule has 2 unspecified atom stereocenters. The standard InChI is InChI=1S/C88H167NO8/c1-6-8-10-12-14-16-18-20-22-24-26-28-30-32-34-36-38-40-41-42-43-44-45-47-48-50-52-54-56-58-60-62-64-66-68-70-72-74-76-78-85(90)95-82-84(83-96-88(87(92)93)94-81-80-89(3,4)5)97-86(91)79-77-75-73-71-69-67-65-63-61-59-57-55-53-51-49-46-39-37-35-33-31-29-27-25-23-21-19-17-15-13-11-9-7-2/h19,21,25,27,31,33,84,88H,6-18,20,22-24,26,28-30,32,34-83H2,1-5H3/p+1/b21-19-,27-25-,33-31-. The third kappa shape index (κ3) is 80.7. The number of nitrogens with zero attached hydrogens (tertiary/aromatic N) is 1. The zero-order chi connectivity index (χ0) is 70.4. The molecule has 0 aliphatic carbocycles. The number of likely N-dealkylation sites (N-methyl/N-ethyl adjacent to an activating group) is 1. The van der Waals surface area contributed by atoms with Gasteiger partial charge in [0.2, 0.25) is 0 Å². The van der Waals surface area contributed by atoms with Gasteiger partial charge in [-0.3, -0.25) is 9.59 Å². The van der Waals surface area contributed by atoms with Crippen LogP contribution in [0.25, 0.3) is 0 Å². The molecule has 572 valence electrons. The van der Waals surface area contributed by atoms with E-state index in [1.54, 1.807) is 0 Å². The summed E-state index contributed by atoms with van der Waals surface area (Å²) >= 11 is 0. The molecule has 0 aromatic heterocycles. The second kappa shape index (κ2) is 79.2. The fraction of sp³-hybridized carbons (Fsp3) is 0.898. The van der Waals surface area contributed by atoms with Crippen LogP contribution in [-0.4, -0.2) is 87.4 Å². The molecule has 0 saturated heterocycles. The number of esters is 2. The summed E-state index contributed by atoms with van der Waals surface area (Å²) in [5.74, 6) is -1.97. The molecule has 0 bridgehead atoms. The van der Waals surface area contributed by atoms with Crippen molar-refractivity contribution in [3.8, 4) is 0 Å². The molecule has 0 aromatic rings. The van der Waals surface area contributed by atoms with Crippen LogP contribution >= 0.6 is 0 Å². The van der Waals surface area contributed by atoms with Crippen molar-refractivity contribution >= 4 is 17.9 Å². The summed E-state index contributed by atoms with van der Waals surface area (Å²) in [5, 5.41) is 9.78. The molecule has 9 nitrogen and oxygen atoms in total. The Bertz CT molecular complexity index is 1690. The number of carboxylic acids is 1. The Hall–Kier alpha value is -2.49. The van der Waals surface area contributed by atoms with Crippen molar-refractivity contribution in [1.29, 1.82) is 0 Å². The predicted octanol–water partition coefficient (Wildman–Crippen LogP) is 27.8. The van der Waals surface area contributed by atoms with E-state index in [4.69, 9.17) is 18.9 Å². The Morgan fingerprint density at radius 3 is 0.825 bits per heavy atom. The first-order valence-corrected chi connectivity index (χ1v) is 43.2. The fourth-order valence-electron chi connectivity index (χ4n) is 13.3. The van der Waals surface area contributed by atoms with Crippen LogP contribution in [0.4, 0.5) is 0 Å². The molecule has 0 rings (SSSR count). The van der Waals surface area contributed by atoms with E-state index in [0.29, 0.717) is 17.4 Å². The minimum absolute atomic E-state index is 0.175. The zero-order valence-electron chi connectivity index (χ0n) is 65.8. The van der Waals surface area contributed by atoms with E-state index in [2.05, 4.69) is 50.3 Å². The van der Waals surface area contributed by atoms with Crippen LogP contribution in [0.3, 0.4) is 0 Å². The molecule has 0 saturated carbocycles. The van der Waals surface area contributed by atoms with Gasteiger partial charge >= 0.3 is 17.9 Å². The van der Waals surface area contributed by atoms with Gasteiger partial charge in [0.15, 0.2) is 6.10 Å². The summed E-state index contributed by atoms with van der Waals surface area (Å²) in [7, 11) is 6.00. The lowest BCUT2D eigenvalue weighted by Gasteiger charge is -2.25. The fourth-order valence-corrected chi connectivity index (χ4v) is 13.3. The van der Waals surface area contributed by atoms with Crippen LogP contribution in [0.2, 0.25) is 0 Å². The number of carbonyl (C=O) groups is 3. The number of carbonyl (C=O) groups excluding carboxylic acids is 2. The van der Waals surface area contributed by atoms with Crippen LogP contribution < -0.4 is 0 Å². The summed E-state index contributed by atoms with van der Waals surface area (Å²) in [6.45, 7) is 4.95. The number of aliphatic carboxylic acids is 1. The minimum Gasteiger partial charge on any atom is -0.477 e. The Kier molecular flexibility index (Phi) is 77.2. The second-order valence-corrected chi connectivity index (χ2v) is 30.9. The third-order valence-electron chi connectivity index (χ3n) is 19.9. The number of carboxylic acid groups (broad SMARTS) is 1. The molecule has 0 spiro atoms. The van der Waals surface area contributed by atoms with Crippen molar-refractivity contribution in [1.82, 2.24) is 0 Å². The van der Waals surface area contributed by atoms with Crippen molar-refractivity contribution in [2.24, 2.45) is 0 Å². The van der Waals surface area contributed by atoms with Gasteiger partial charge in [0.1, 0.15) is 13.2 Å². The van der Waals surface area contributed by atoms with E-state index in [1.807, 2.05) is 21.1 Å². The molecule has 0 fully saturated rings. The molecule has 1 N–H and O–H groups in total. The molecule has 0 amide bonds. The van der Waals surface area contributed by atoms with E-state index in [-0.39, 0.29) is 38.2 Å². The Labute approximate surface area is 604 Å². The van der Waals surface area contributed by atoms with Crippen LogP contribution in [-0.2, 0) is 33.3 Å². The number of allylic oxidation sites excluding steroid dienone is 6. The predicted molar refractivity (Wildman–Crippen MR) is 420 cm³/mol. The summed E-state index contributed by atoms with van der Waals surface area (Å²) in [5.41, 5.74) is 0. The average Bonchev–Trinajstić information content (AvgIpc) is 2.59. The van der Waals surface area contributed by atoms with E-state index < -0.39 is 18.4 Å². The molecular formula is C88H168NO8+. The zero-order valence-corrected chi connectivity index (χ0v) is 65.8. The van der Waals surface area contributed by atoms with Crippen molar-refractivity contribution in [2.45, 2.75) is 463 Å². The maximum Gasteiger partial charge on any atom is 0.361 e. The van der Waals surface area contributed by atoms with Gasteiger partial charge in [0.25, 0.3) is 6.29 Å². The first-order chi connectivity index (χ1) is 47.6. The number of unbranched alkanes of at least 4 members (excludes halogenated alkanes) is 61. The Morgan fingerprint density at radius 2 is 0.557 bits per heavy atom. The van der Waals surface area contributed by atoms with Crippen molar-refractivity contribution in [2.75, 3.05) is 47.5 Å². The van der Waals surface area contributed by atoms with Gasteiger partial charge in [0.05, 0.1) is 34.4 Å². The number of rotatable bonds is 82. The van der Waals surface area contributed by atoms with E-state index in [9.17, 15) is 19.5 Å². The van der Waals surface area contributed by atoms with Crippen molar-refractivity contribution in [3.63, 3.8) is 0 Å². The van der Waals surface area contributed by atoms with Gasteiger partial charge in [-0.15, -0.1) is 0 Å². The highest BCUT2D eigenvalue weighted by Crippen LogP contribution is 2.21. The Morgan fingerprint density at radius 1 is 0.309 bits per heavy atom. The van der Waals surface area contributed by atoms with Gasteiger partial charge in [-0.1, -0.05) is 423 Å². The maximum atomic E-state index is 13.0. The van der Waals surface area contributed by atoms with Gasteiger partial charge < -0.3 is 28.5 Å². The van der Waals surface area contributed by atoms with Gasteiger partial charge in [-0.25, -0.2) is 4.79 Å². The molecule has 0 aromatic carbocycles. The Balaban J connectivity index is 3.92. The lowest BCUT2D eigenvalue weighted by molar-refractivity contribution is -0.870. The lowest BCUT2D eigenvalue weighted by atomic mass is 10.0. The largest absolute Gasteiger partial charge is 0.477 e. The molecule has 9 heteroatoms. The van der Waals surface area contributed by atoms with Crippen molar-refractivity contribution < 1.29 is 42.9 Å². The molecule has 0 radical (unpaired) electrons. The molecule has 0 aliphatic heterocycles. The van der Waals surface area contributed by atoms with E-state index in [0.717, 1.165) is 51.4 Å². The SMILES string of the molecule is CCCCCCC/C=C\C/C=C\C/C=C\CCCCCCCCCCCCCCCCCCCCC(=O)OC(COC(=O)CCCCCCCCCCCCCCCCCCCCCCCCCCCCCCCCCCCCCCCCC)COC(OCC[N+](C)(C)C)C(=O)O. The highest BCUT2D eigenvalue weighted by Gasteiger charge is 2.25. The highest BCUT2D eigenvalue weighted by molar-refractivity contribution is 5.71. The first kappa shape index (κ1) is 94.5. The number of quaternary nitrogens is 1. The monoisotopic (exact) mass is 1370 g/mol. The average molecular weight is 1370 g/mol. The summed E-state index contributed by atoms with van der Waals surface area (Å²) in [6.07, 6.45) is 101. The summed E-state index contributed by atoms with van der Waals surface area (Å²) in [6, 6.07) is 0. The first-order valence-electron chi connectivity index (χ1n) is 43.2. The second-order valence-electron chi connectivity index (χ2n) is 30.9. The molecule has 97 heavy (non-hydrogen) atoms. The van der Waals surface area contributed by atoms with Gasteiger partial charge in [-0.2, -0.15) is 0 Å². The van der Waals surface area contributed by atoms with Gasteiger partial charge in [-0.05, 0) is 51.4 Å². The van der Waals surface area contributed by atoms with Crippen LogP contribution in [0.5, 0.6) is 0 Å². The minimum atomic E-state index is -1.51. The van der Waals surface area contributed by atoms with Crippen LogP contribution in [0.15, 0.2) is 36.5 Å². The molecule has 0 heterocycles. The highest BCUT2D eigenvalue weighted by atomic mass is 16.7. The number of hydrogen-bond acceptors (Lipinski definition) is 7. The smallest absolute Gasteiger partial charge is 0.361 e. The molecule has 0 aliphatic rings. The van der Waals surface area contributed by atoms with Crippen LogP contribution in [0.1, 0.15) is 450 Å². The summed E-state index contributed by atoms with van der Waals surface area (Å²) in [4.78, 5) is 37.8. The number of ether oxygens (including phenoxy) is 4. The normalized spacial score (nSPS) is 12.7. The lowest BCUT2D eigenvalue weighted by Crippen LogP contribution is -2.40. The van der Waals surface area contributed by atoms with Crippen LogP contribution in [0, 0.1) is 0 Å². The quantitative estimate of drug-likeness (QED) is 0.0211. The topological polar surface area (TPSA) is 108 Å². The maximum absolute atomic E-state index is 13.0. The van der Waals surface area contributed by atoms with Gasteiger partial charge in [0, 0.05) is 12.8 Å².